The number of carbonyl (C=O) groups is 3. The number of esters is 1. The van der Waals surface area contributed by atoms with Crippen molar-refractivity contribution in [3.05, 3.63) is 99.9 Å². The van der Waals surface area contributed by atoms with E-state index in [1.165, 1.54) is 11.3 Å². The first-order valence-electron chi connectivity index (χ1n) is 13.0. The molecule has 0 aliphatic carbocycles. The molecule has 0 saturated carbocycles. The zero-order valence-electron chi connectivity index (χ0n) is 23.2. The highest BCUT2D eigenvalue weighted by molar-refractivity contribution is 7.17. The summed E-state index contributed by atoms with van der Waals surface area (Å²) in [5, 5.41) is 6.20. The summed E-state index contributed by atoms with van der Waals surface area (Å²) in [6.07, 6.45) is -0.752. The molecular weight excluding hydrogens is 524 g/mol. The SMILES string of the molecule is CCOC(=O)c1c(NC(=O)c2ccc(O[C@@H](C)C(=O)Nc3ccc(C)cc3C)cc2)sc(C)c1-c1ccccc1. The number of thiophene rings is 1. The number of amides is 2. The molecule has 7 nitrogen and oxygen atoms in total. The van der Waals surface area contributed by atoms with Gasteiger partial charge in [0.05, 0.1) is 6.61 Å². The van der Waals surface area contributed by atoms with Crippen molar-refractivity contribution in [1.82, 2.24) is 0 Å². The second-order valence-electron chi connectivity index (χ2n) is 9.37. The molecular formula is C32H32N2O5S. The molecule has 0 saturated heterocycles. The number of ether oxygens (including phenoxy) is 2. The summed E-state index contributed by atoms with van der Waals surface area (Å²) < 4.78 is 11.1. The molecule has 0 aliphatic rings. The largest absolute Gasteiger partial charge is 0.481 e. The highest BCUT2D eigenvalue weighted by Crippen LogP contribution is 2.40. The molecule has 0 radical (unpaired) electrons. The van der Waals surface area contributed by atoms with E-state index < -0.39 is 12.1 Å². The molecule has 2 amide bonds. The van der Waals surface area contributed by atoms with Gasteiger partial charge in [0.1, 0.15) is 16.3 Å². The molecule has 8 heteroatoms. The van der Waals surface area contributed by atoms with Gasteiger partial charge in [0.15, 0.2) is 6.10 Å². The normalized spacial score (nSPS) is 11.4. The Balaban J connectivity index is 1.47. The van der Waals surface area contributed by atoms with Gasteiger partial charge in [-0.05, 0) is 76.1 Å². The minimum Gasteiger partial charge on any atom is -0.481 e. The van der Waals surface area contributed by atoms with Gasteiger partial charge in [-0.3, -0.25) is 9.59 Å². The molecule has 0 bridgehead atoms. The second kappa shape index (κ2) is 12.6. The van der Waals surface area contributed by atoms with Crippen molar-refractivity contribution in [3.63, 3.8) is 0 Å². The fraction of sp³-hybridized carbons (Fsp3) is 0.219. The van der Waals surface area contributed by atoms with Gasteiger partial charge in [-0.1, -0.05) is 48.0 Å². The minimum absolute atomic E-state index is 0.220. The average molecular weight is 557 g/mol. The van der Waals surface area contributed by atoms with Crippen molar-refractivity contribution in [2.45, 2.75) is 40.7 Å². The van der Waals surface area contributed by atoms with Gasteiger partial charge in [-0.15, -0.1) is 11.3 Å². The summed E-state index contributed by atoms with van der Waals surface area (Å²) in [6, 6.07) is 21.9. The van der Waals surface area contributed by atoms with Gasteiger partial charge in [0.2, 0.25) is 0 Å². The van der Waals surface area contributed by atoms with Crippen LogP contribution in [0.25, 0.3) is 11.1 Å². The molecule has 2 N–H and O–H groups in total. The number of benzene rings is 3. The van der Waals surface area contributed by atoms with Crippen LogP contribution in [0.15, 0.2) is 72.8 Å². The molecule has 40 heavy (non-hydrogen) atoms. The fourth-order valence-electron chi connectivity index (χ4n) is 4.29. The van der Waals surface area contributed by atoms with Crippen LogP contribution in [0.5, 0.6) is 5.75 Å². The second-order valence-corrected chi connectivity index (χ2v) is 10.6. The predicted octanol–water partition coefficient (Wildman–Crippen LogP) is 7.18. The molecule has 4 aromatic rings. The van der Waals surface area contributed by atoms with E-state index in [2.05, 4.69) is 10.6 Å². The zero-order valence-corrected chi connectivity index (χ0v) is 24.0. The van der Waals surface area contributed by atoms with Crippen molar-refractivity contribution < 1.29 is 23.9 Å². The first-order chi connectivity index (χ1) is 19.2. The van der Waals surface area contributed by atoms with E-state index in [1.807, 2.05) is 69.3 Å². The summed E-state index contributed by atoms with van der Waals surface area (Å²) in [6.45, 7) is 9.48. The summed E-state index contributed by atoms with van der Waals surface area (Å²) in [5.74, 6) is -0.690. The van der Waals surface area contributed by atoms with Crippen LogP contribution >= 0.6 is 11.3 Å². The lowest BCUT2D eigenvalue weighted by Crippen LogP contribution is -2.30. The molecule has 4 rings (SSSR count). The Bertz CT molecular complexity index is 1530. The summed E-state index contributed by atoms with van der Waals surface area (Å²) >= 11 is 1.33. The van der Waals surface area contributed by atoms with Crippen molar-refractivity contribution in [2.75, 3.05) is 17.2 Å². The highest BCUT2D eigenvalue weighted by atomic mass is 32.1. The van der Waals surface area contributed by atoms with Crippen molar-refractivity contribution in [2.24, 2.45) is 0 Å². The van der Waals surface area contributed by atoms with Gasteiger partial charge in [-0.2, -0.15) is 0 Å². The van der Waals surface area contributed by atoms with Gasteiger partial charge >= 0.3 is 5.97 Å². The van der Waals surface area contributed by atoms with E-state index in [9.17, 15) is 14.4 Å². The Kier molecular flexibility index (Phi) is 9.01. The Labute approximate surface area is 238 Å². The first-order valence-corrected chi connectivity index (χ1v) is 13.8. The number of anilines is 2. The molecule has 1 atom stereocenters. The molecule has 1 heterocycles. The maximum atomic E-state index is 13.1. The number of rotatable bonds is 9. The summed E-state index contributed by atoms with van der Waals surface area (Å²) in [5.41, 5.74) is 5.16. The lowest BCUT2D eigenvalue weighted by Gasteiger charge is -2.16. The molecule has 206 valence electrons. The number of carbonyl (C=O) groups excluding carboxylic acids is 3. The Morgan fingerprint density at radius 2 is 1.60 bits per heavy atom. The van der Waals surface area contributed by atoms with Gasteiger partial charge < -0.3 is 20.1 Å². The average Bonchev–Trinajstić information content (AvgIpc) is 3.26. The predicted molar refractivity (Wildman–Crippen MR) is 159 cm³/mol. The molecule has 0 fully saturated rings. The lowest BCUT2D eigenvalue weighted by atomic mass is 10.0. The number of nitrogens with one attached hydrogen (secondary N) is 2. The molecule has 0 spiro atoms. The van der Waals surface area contributed by atoms with E-state index in [4.69, 9.17) is 9.47 Å². The smallest absolute Gasteiger partial charge is 0.341 e. The number of hydrogen-bond acceptors (Lipinski definition) is 6. The molecule has 0 aliphatic heterocycles. The van der Waals surface area contributed by atoms with Gasteiger partial charge in [0, 0.05) is 21.7 Å². The van der Waals surface area contributed by atoms with E-state index >= 15 is 0 Å². The van der Waals surface area contributed by atoms with Gasteiger partial charge in [-0.25, -0.2) is 4.79 Å². The van der Waals surface area contributed by atoms with Crippen LogP contribution in [0.3, 0.4) is 0 Å². The number of aryl methyl sites for hydroxylation is 3. The van der Waals surface area contributed by atoms with Crippen molar-refractivity contribution >= 4 is 39.8 Å². The Hall–Kier alpha value is -4.43. The maximum absolute atomic E-state index is 13.1. The first kappa shape index (κ1) is 28.6. The van der Waals surface area contributed by atoms with Crippen LogP contribution in [-0.2, 0) is 9.53 Å². The third kappa shape index (κ3) is 6.58. The van der Waals surface area contributed by atoms with Crippen molar-refractivity contribution in [1.29, 1.82) is 0 Å². The third-order valence-electron chi connectivity index (χ3n) is 6.29. The zero-order chi connectivity index (χ0) is 28.8. The topological polar surface area (TPSA) is 93.7 Å². The van der Waals surface area contributed by atoms with Crippen LogP contribution < -0.4 is 15.4 Å². The molecule has 0 unspecified atom stereocenters. The van der Waals surface area contributed by atoms with Crippen LogP contribution in [0, 0.1) is 20.8 Å². The monoisotopic (exact) mass is 556 g/mol. The quantitative estimate of drug-likeness (QED) is 0.213. The standard InChI is InChI=1S/C32H32N2O5S/c1-6-38-32(37)28-27(23-10-8-7-9-11-23)22(5)40-31(28)34-30(36)24-13-15-25(16-14-24)39-21(4)29(35)33-26-17-12-19(2)18-20(26)3/h7-18,21H,6H2,1-5H3,(H,33,35)(H,34,36)/t21-/m0/s1. The van der Waals surface area contributed by atoms with Crippen LogP contribution in [0.1, 0.15) is 50.6 Å². The van der Waals surface area contributed by atoms with Crippen LogP contribution in [0.4, 0.5) is 10.7 Å². The Morgan fingerprint density at radius 1 is 0.900 bits per heavy atom. The van der Waals surface area contributed by atoms with E-state index in [1.54, 1.807) is 38.1 Å². The maximum Gasteiger partial charge on any atom is 0.341 e. The summed E-state index contributed by atoms with van der Waals surface area (Å²) in [7, 11) is 0. The van der Waals surface area contributed by atoms with E-state index in [0.29, 0.717) is 21.9 Å². The van der Waals surface area contributed by atoms with Gasteiger partial charge in [0.25, 0.3) is 11.8 Å². The minimum atomic E-state index is -0.752. The highest BCUT2D eigenvalue weighted by Gasteiger charge is 2.26. The Morgan fingerprint density at radius 3 is 2.25 bits per heavy atom. The van der Waals surface area contributed by atoms with E-state index in [0.717, 1.165) is 32.8 Å². The van der Waals surface area contributed by atoms with E-state index in [-0.39, 0.29) is 18.4 Å². The van der Waals surface area contributed by atoms with Crippen LogP contribution in [0.2, 0.25) is 0 Å². The molecule has 3 aromatic carbocycles. The van der Waals surface area contributed by atoms with Crippen molar-refractivity contribution in [3.8, 4) is 16.9 Å². The summed E-state index contributed by atoms with van der Waals surface area (Å²) in [4.78, 5) is 39.6. The number of hydrogen-bond donors (Lipinski definition) is 2. The third-order valence-corrected chi connectivity index (χ3v) is 7.31. The van der Waals surface area contributed by atoms with Crippen LogP contribution in [-0.4, -0.2) is 30.5 Å². The fourth-order valence-corrected chi connectivity index (χ4v) is 5.35. The lowest BCUT2D eigenvalue weighted by molar-refractivity contribution is -0.122. The molecule has 1 aromatic heterocycles.